The van der Waals surface area contributed by atoms with Crippen LogP contribution in [0.4, 0.5) is 21.6 Å². The first-order valence-electron chi connectivity index (χ1n) is 7.99. The lowest BCUT2D eigenvalue weighted by atomic mass is 10.2. The van der Waals surface area contributed by atoms with Crippen molar-refractivity contribution in [3.63, 3.8) is 0 Å². The fraction of sp³-hybridized carbons (Fsp3) is 0.105. The monoisotopic (exact) mass is 368 g/mol. The molecule has 27 heavy (non-hydrogen) atoms. The van der Waals surface area contributed by atoms with Crippen LogP contribution in [-0.4, -0.2) is 30.3 Å². The van der Waals surface area contributed by atoms with Gasteiger partial charge in [-0.1, -0.05) is 6.07 Å². The Morgan fingerprint density at radius 1 is 0.926 bits per heavy atom. The van der Waals surface area contributed by atoms with Gasteiger partial charge in [0.1, 0.15) is 5.82 Å². The molecule has 1 heterocycles. The van der Waals surface area contributed by atoms with Crippen LogP contribution >= 0.6 is 0 Å². The summed E-state index contributed by atoms with van der Waals surface area (Å²) in [5.74, 6) is 0.712. The Labute approximate surface area is 155 Å². The number of aromatic nitrogens is 2. The third-order valence-electron chi connectivity index (χ3n) is 3.64. The van der Waals surface area contributed by atoms with E-state index in [-0.39, 0.29) is 5.69 Å². The van der Waals surface area contributed by atoms with Crippen molar-refractivity contribution in [1.82, 2.24) is 10.2 Å². The van der Waals surface area contributed by atoms with Gasteiger partial charge >= 0.3 is 0 Å². The standard InChI is InChI=1S/C19H17FN4O3/c1-26-16-8-6-14(11-17(16)27-2)21-18-9-7-15(23-24-18)19(25)22-13-5-3-4-12(20)10-13/h3-11H,1-2H3,(H,21,24)(H,22,25). The van der Waals surface area contributed by atoms with Gasteiger partial charge in [-0.2, -0.15) is 0 Å². The molecular weight excluding hydrogens is 351 g/mol. The molecule has 7 nitrogen and oxygen atoms in total. The zero-order chi connectivity index (χ0) is 19.2. The number of methoxy groups -OCH3 is 2. The molecule has 0 aliphatic heterocycles. The smallest absolute Gasteiger partial charge is 0.276 e. The lowest BCUT2D eigenvalue weighted by Crippen LogP contribution is -2.14. The summed E-state index contributed by atoms with van der Waals surface area (Å²) < 4.78 is 23.6. The molecule has 0 aliphatic carbocycles. The highest BCUT2D eigenvalue weighted by molar-refractivity contribution is 6.02. The molecule has 1 aromatic heterocycles. The Morgan fingerprint density at radius 2 is 1.74 bits per heavy atom. The number of ether oxygens (including phenoxy) is 2. The van der Waals surface area contributed by atoms with Gasteiger partial charge in [0.2, 0.25) is 0 Å². The predicted octanol–water partition coefficient (Wildman–Crippen LogP) is 3.63. The number of benzene rings is 2. The van der Waals surface area contributed by atoms with Crippen molar-refractivity contribution < 1.29 is 18.7 Å². The number of nitrogens with one attached hydrogen (secondary N) is 2. The van der Waals surface area contributed by atoms with Crippen LogP contribution in [0.5, 0.6) is 11.5 Å². The number of anilines is 3. The van der Waals surface area contributed by atoms with Gasteiger partial charge in [-0.3, -0.25) is 4.79 Å². The molecule has 0 bridgehead atoms. The van der Waals surface area contributed by atoms with Gasteiger partial charge in [-0.15, -0.1) is 10.2 Å². The van der Waals surface area contributed by atoms with Crippen LogP contribution in [-0.2, 0) is 0 Å². The molecule has 0 saturated carbocycles. The molecule has 3 rings (SSSR count). The van der Waals surface area contributed by atoms with Crippen LogP contribution in [0, 0.1) is 5.82 Å². The number of carbonyl (C=O) groups excluding carboxylic acids is 1. The van der Waals surface area contributed by atoms with E-state index in [0.29, 0.717) is 23.0 Å². The number of nitrogens with zero attached hydrogens (tertiary/aromatic N) is 2. The zero-order valence-electron chi connectivity index (χ0n) is 14.7. The van der Waals surface area contributed by atoms with Crippen molar-refractivity contribution in [3.05, 3.63) is 66.1 Å². The number of hydrogen-bond acceptors (Lipinski definition) is 6. The Morgan fingerprint density at radius 3 is 2.41 bits per heavy atom. The highest BCUT2D eigenvalue weighted by Gasteiger charge is 2.10. The molecule has 0 spiro atoms. The summed E-state index contributed by atoms with van der Waals surface area (Å²) in [7, 11) is 3.11. The van der Waals surface area contributed by atoms with E-state index in [1.807, 2.05) is 0 Å². The maximum Gasteiger partial charge on any atom is 0.276 e. The summed E-state index contributed by atoms with van der Waals surface area (Å²) in [6.07, 6.45) is 0. The van der Waals surface area contributed by atoms with Gasteiger partial charge < -0.3 is 20.1 Å². The van der Waals surface area contributed by atoms with E-state index in [9.17, 15) is 9.18 Å². The van der Waals surface area contributed by atoms with E-state index in [2.05, 4.69) is 20.8 Å². The molecule has 0 unspecified atom stereocenters. The van der Waals surface area contributed by atoms with Crippen molar-refractivity contribution in [2.24, 2.45) is 0 Å². The molecule has 0 fully saturated rings. The molecule has 2 N–H and O–H groups in total. The Bertz CT molecular complexity index is 948. The fourth-order valence-electron chi connectivity index (χ4n) is 2.34. The molecule has 0 saturated heterocycles. The van der Waals surface area contributed by atoms with E-state index >= 15 is 0 Å². The van der Waals surface area contributed by atoms with Gasteiger partial charge in [-0.25, -0.2) is 4.39 Å². The topological polar surface area (TPSA) is 85.4 Å². The largest absolute Gasteiger partial charge is 0.493 e. The molecule has 1 amide bonds. The maximum atomic E-state index is 13.2. The lowest BCUT2D eigenvalue weighted by Gasteiger charge is -2.10. The van der Waals surface area contributed by atoms with Gasteiger partial charge in [-0.05, 0) is 42.5 Å². The number of amides is 1. The minimum atomic E-state index is -0.481. The minimum Gasteiger partial charge on any atom is -0.493 e. The summed E-state index contributed by atoms with van der Waals surface area (Å²) in [6.45, 7) is 0. The summed E-state index contributed by atoms with van der Waals surface area (Å²) >= 11 is 0. The van der Waals surface area contributed by atoms with E-state index in [1.54, 1.807) is 44.6 Å². The molecule has 3 aromatic rings. The van der Waals surface area contributed by atoms with Crippen LogP contribution in [0.25, 0.3) is 0 Å². The first kappa shape index (κ1) is 18.1. The SMILES string of the molecule is COc1ccc(Nc2ccc(C(=O)Nc3cccc(F)c3)nn2)cc1OC. The number of hydrogen-bond donors (Lipinski definition) is 2. The number of rotatable bonds is 6. The molecule has 8 heteroatoms. The van der Waals surface area contributed by atoms with E-state index < -0.39 is 11.7 Å². The fourth-order valence-corrected chi connectivity index (χ4v) is 2.34. The molecule has 2 aromatic carbocycles. The van der Waals surface area contributed by atoms with Crippen molar-refractivity contribution in [1.29, 1.82) is 0 Å². The summed E-state index contributed by atoms with van der Waals surface area (Å²) in [4.78, 5) is 12.2. The second-order valence-electron chi connectivity index (χ2n) is 5.46. The quantitative estimate of drug-likeness (QED) is 0.691. The van der Waals surface area contributed by atoms with Crippen LogP contribution in [0.2, 0.25) is 0 Å². The molecule has 0 aliphatic rings. The average Bonchev–Trinajstić information content (AvgIpc) is 2.68. The summed E-state index contributed by atoms with van der Waals surface area (Å²) in [5, 5.41) is 13.5. The van der Waals surface area contributed by atoms with Crippen molar-refractivity contribution >= 4 is 23.1 Å². The van der Waals surface area contributed by atoms with Gasteiger partial charge in [0, 0.05) is 17.4 Å². The van der Waals surface area contributed by atoms with Crippen molar-refractivity contribution in [2.45, 2.75) is 0 Å². The van der Waals surface area contributed by atoms with Crippen LogP contribution in [0.3, 0.4) is 0 Å². The second kappa shape index (κ2) is 8.13. The van der Waals surface area contributed by atoms with Crippen LogP contribution in [0.1, 0.15) is 10.5 Å². The zero-order valence-corrected chi connectivity index (χ0v) is 14.7. The molecule has 0 radical (unpaired) electrons. The third-order valence-corrected chi connectivity index (χ3v) is 3.64. The van der Waals surface area contributed by atoms with E-state index in [4.69, 9.17) is 9.47 Å². The predicted molar refractivity (Wildman–Crippen MR) is 99.2 cm³/mol. The highest BCUT2D eigenvalue weighted by atomic mass is 19.1. The first-order valence-corrected chi connectivity index (χ1v) is 7.99. The Kier molecular flexibility index (Phi) is 5.46. The van der Waals surface area contributed by atoms with Gasteiger partial charge in [0.05, 0.1) is 14.2 Å². The maximum absolute atomic E-state index is 13.2. The normalized spacial score (nSPS) is 10.2. The lowest BCUT2D eigenvalue weighted by molar-refractivity contribution is 0.102. The first-order chi connectivity index (χ1) is 13.1. The molecule has 138 valence electrons. The molecular formula is C19H17FN4O3. The van der Waals surface area contributed by atoms with Gasteiger partial charge in [0.25, 0.3) is 5.91 Å². The summed E-state index contributed by atoms with van der Waals surface area (Å²) in [6, 6.07) is 14.1. The minimum absolute atomic E-state index is 0.108. The Hall–Kier alpha value is -3.68. The highest BCUT2D eigenvalue weighted by Crippen LogP contribution is 2.30. The van der Waals surface area contributed by atoms with Crippen LogP contribution < -0.4 is 20.1 Å². The van der Waals surface area contributed by atoms with Gasteiger partial charge in [0.15, 0.2) is 23.0 Å². The van der Waals surface area contributed by atoms with Crippen LogP contribution in [0.15, 0.2) is 54.6 Å². The van der Waals surface area contributed by atoms with Crippen molar-refractivity contribution in [3.8, 4) is 11.5 Å². The number of halogens is 1. The second-order valence-corrected chi connectivity index (χ2v) is 5.46. The Balaban J connectivity index is 1.69. The summed E-state index contributed by atoms with van der Waals surface area (Å²) in [5.41, 5.74) is 1.17. The number of carbonyl (C=O) groups is 1. The van der Waals surface area contributed by atoms with Crippen molar-refractivity contribution in [2.75, 3.05) is 24.9 Å². The van der Waals surface area contributed by atoms with E-state index in [0.717, 1.165) is 5.69 Å². The molecule has 0 atom stereocenters. The third kappa shape index (κ3) is 4.49. The van der Waals surface area contributed by atoms with E-state index in [1.165, 1.54) is 24.3 Å². The average molecular weight is 368 g/mol.